The number of aromatic amines is 1. The van der Waals surface area contributed by atoms with Crippen LogP contribution in [0, 0.1) is 0 Å². The Bertz CT molecular complexity index is 1190. The van der Waals surface area contributed by atoms with Crippen LogP contribution in [-0.4, -0.2) is 53.7 Å². The summed E-state index contributed by atoms with van der Waals surface area (Å²) in [6.45, 7) is 3.74. The van der Waals surface area contributed by atoms with Crippen LogP contribution in [0.3, 0.4) is 0 Å². The highest BCUT2D eigenvalue weighted by Gasteiger charge is 2.18. The van der Waals surface area contributed by atoms with Crippen LogP contribution in [0.1, 0.15) is 19.4 Å². The Kier molecular flexibility index (Phi) is 8.30. The molecule has 1 aromatic heterocycles. The topological polar surface area (TPSA) is 116 Å². The molecule has 0 aliphatic carbocycles. The Morgan fingerprint density at radius 3 is 2.32 bits per heavy atom. The maximum absolute atomic E-state index is 11.9. The average molecular weight is 506 g/mol. The number of H-pyrrole nitrogens is 1. The number of ether oxygens (including phenoxy) is 4. The summed E-state index contributed by atoms with van der Waals surface area (Å²) in [5, 5.41) is 17.2. The Morgan fingerprint density at radius 1 is 1.09 bits per heavy atom. The second kappa shape index (κ2) is 11.2. The van der Waals surface area contributed by atoms with Crippen molar-refractivity contribution in [3.63, 3.8) is 0 Å². The Morgan fingerprint density at radius 2 is 1.76 bits per heavy atom. The minimum absolute atomic E-state index is 0.00980. The van der Waals surface area contributed by atoms with E-state index >= 15 is 0 Å². The monoisotopic (exact) mass is 505 g/mol. The van der Waals surface area contributed by atoms with Gasteiger partial charge in [0, 0.05) is 11.6 Å². The van der Waals surface area contributed by atoms with E-state index in [4.69, 9.17) is 30.5 Å². The van der Waals surface area contributed by atoms with Crippen LogP contribution in [0.5, 0.6) is 23.0 Å². The molecule has 0 aliphatic rings. The van der Waals surface area contributed by atoms with Gasteiger partial charge in [0.15, 0.2) is 17.3 Å². The number of benzene rings is 2. The number of aliphatic carboxylic acids is 1. The van der Waals surface area contributed by atoms with E-state index in [0.717, 1.165) is 11.8 Å². The molecule has 0 saturated heterocycles. The predicted molar refractivity (Wildman–Crippen MR) is 130 cm³/mol. The van der Waals surface area contributed by atoms with Crippen molar-refractivity contribution in [2.45, 2.75) is 25.1 Å². The minimum atomic E-state index is -1.14. The Hall–Kier alpha value is -3.37. The average Bonchev–Trinajstić information content (AvgIpc) is 3.28. The fraction of sp³-hybridized carbons (Fsp3) is 0.261. The summed E-state index contributed by atoms with van der Waals surface area (Å²) < 4.78 is 21.6. The van der Waals surface area contributed by atoms with E-state index in [-0.39, 0.29) is 16.2 Å². The Balaban J connectivity index is 1.91. The zero-order chi connectivity index (χ0) is 24.8. The molecule has 0 aliphatic heterocycles. The number of carbonyl (C=O) groups is 1. The number of hydrogen-bond donors (Lipinski definition) is 2. The summed E-state index contributed by atoms with van der Waals surface area (Å²) in [6, 6.07) is 8.52. The van der Waals surface area contributed by atoms with Gasteiger partial charge in [-0.15, -0.1) is 5.10 Å². The lowest BCUT2D eigenvalue weighted by atomic mass is 10.2. The molecule has 0 bridgehead atoms. The first-order valence-corrected chi connectivity index (χ1v) is 11.3. The summed E-state index contributed by atoms with van der Waals surface area (Å²) in [7, 11) is 4.59. The van der Waals surface area contributed by atoms with Crippen LogP contribution in [0.2, 0.25) is 5.02 Å². The van der Waals surface area contributed by atoms with Crippen molar-refractivity contribution in [1.82, 2.24) is 15.2 Å². The van der Waals surface area contributed by atoms with Crippen LogP contribution in [0.4, 0.5) is 0 Å². The third-order valence-corrected chi connectivity index (χ3v) is 5.56. The molecule has 3 rings (SSSR count). The molecule has 0 amide bonds. The zero-order valence-corrected chi connectivity index (χ0v) is 20.8. The second-order valence-electron chi connectivity index (χ2n) is 7.18. The van der Waals surface area contributed by atoms with Gasteiger partial charge in [0.05, 0.1) is 32.5 Å². The van der Waals surface area contributed by atoms with E-state index < -0.39 is 5.97 Å². The zero-order valence-electron chi connectivity index (χ0n) is 19.2. The molecular weight excluding hydrogens is 482 g/mol. The van der Waals surface area contributed by atoms with Crippen molar-refractivity contribution in [2.24, 2.45) is 0 Å². The number of methoxy groups -OCH3 is 3. The van der Waals surface area contributed by atoms with Crippen molar-refractivity contribution in [3.8, 4) is 34.4 Å². The maximum atomic E-state index is 11.9. The van der Waals surface area contributed by atoms with E-state index in [1.807, 2.05) is 13.8 Å². The molecule has 0 saturated carbocycles. The van der Waals surface area contributed by atoms with Crippen molar-refractivity contribution < 1.29 is 28.8 Å². The number of halogens is 1. The van der Waals surface area contributed by atoms with Crippen molar-refractivity contribution >= 4 is 35.4 Å². The fourth-order valence-corrected chi connectivity index (χ4v) is 3.89. The largest absolute Gasteiger partial charge is 0.497 e. The Labute approximate surface area is 206 Å². The van der Waals surface area contributed by atoms with E-state index in [1.54, 1.807) is 44.6 Å². The number of thioether (sulfide) groups is 1. The number of nitrogens with zero attached hydrogens (tertiary/aromatic N) is 2. The van der Waals surface area contributed by atoms with Gasteiger partial charge in [-0.1, -0.05) is 11.6 Å². The summed E-state index contributed by atoms with van der Waals surface area (Å²) in [5.41, 5.74) is 1.20. The molecule has 1 heterocycles. The van der Waals surface area contributed by atoms with Crippen molar-refractivity contribution in [2.75, 3.05) is 21.3 Å². The number of hydrogen-bond acceptors (Lipinski definition) is 8. The first-order valence-electron chi connectivity index (χ1n) is 10.1. The van der Waals surface area contributed by atoms with Crippen LogP contribution >= 0.6 is 23.4 Å². The first-order chi connectivity index (χ1) is 16.2. The summed E-state index contributed by atoms with van der Waals surface area (Å²) in [5.74, 6) is 1.26. The third kappa shape index (κ3) is 6.15. The van der Waals surface area contributed by atoms with Gasteiger partial charge < -0.3 is 24.1 Å². The molecule has 180 valence electrons. The van der Waals surface area contributed by atoms with Crippen molar-refractivity contribution in [1.29, 1.82) is 0 Å². The molecule has 0 fully saturated rings. The molecule has 0 atom stereocenters. The summed E-state index contributed by atoms with van der Waals surface area (Å²) in [4.78, 5) is 16.3. The van der Waals surface area contributed by atoms with Gasteiger partial charge in [0.2, 0.25) is 5.16 Å². The summed E-state index contributed by atoms with van der Waals surface area (Å²) in [6.07, 6.45) is 1.35. The molecule has 34 heavy (non-hydrogen) atoms. The van der Waals surface area contributed by atoms with Gasteiger partial charge in [-0.05, 0) is 61.5 Å². The highest BCUT2D eigenvalue weighted by molar-refractivity contribution is 8.04. The van der Waals surface area contributed by atoms with Crippen molar-refractivity contribution in [3.05, 3.63) is 45.8 Å². The normalized spacial score (nSPS) is 11.4. The van der Waals surface area contributed by atoms with Gasteiger partial charge in [-0.3, -0.25) is 5.10 Å². The molecule has 11 heteroatoms. The lowest BCUT2D eigenvalue weighted by Crippen LogP contribution is -2.07. The molecular formula is C23H24ClN3O6S. The predicted octanol–water partition coefficient (Wildman–Crippen LogP) is 5.16. The van der Waals surface area contributed by atoms with E-state index in [0.29, 0.717) is 45.0 Å². The summed E-state index contributed by atoms with van der Waals surface area (Å²) >= 11 is 7.25. The molecule has 2 aromatic carbocycles. The quantitative estimate of drug-likeness (QED) is 0.285. The fourth-order valence-electron chi connectivity index (χ4n) is 2.92. The van der Waals surface area contributed by atoms with E-state index in [2.05, 4.69) is 15.2 Å². The lowest BCUT2D eigenvalue weighted by molar-refractivity contribution is -0.131. The van der Waals surface area contributed by atoms with E-state index in [1.165, 1.54) is 13.2 Å². The van der Waals surface area contributed by atoms with Crippen LogP contribution in [0.15, 0.2) is 40.4 Å². The van der Waals surface area contributed by atoms with Crippen LogP contribution in [-0.2, 0) is 4.79 Å². The smallest absolute Gasteiger partial charge is 0.342 e. The standard InChI is InChI=1S/C23H24ClN3O6S/c1-12(2)33-20-17(24)6-13(7-18(20)32-5)8-19(22(28)29)34-23-25-21(26-27-23)14-9-15(30-3)11-16(10-14)31-4/h6-12H,1-5H3,(H,28,29)(H,25,26,27)/b19-8-. The van der Waals surface area contributed by atoms with Gasteiger partial charge >= 0.3 is 5.97 Å². The molecule has 0 radical (unpaired) electrons. The molecule has 0 unspecified atom stereocenters. The number of rotatable bonds is 10. The van der Waals surface area contributed by atoms with Gasteiger partial charge in [-0.2, -0.15) is 0 Å². The molecule has 0 spiro atoms. The third-order valence-electron chi connectivity index (χ3n) is 4.40. The lowest BCUT2D eigenvalue weighted by Gasteiger charge is -2.15. The minimum Gasteiger partial charge on any atom is -0.497 e. The molecule has 3 aromatic rings. The number of nitrogens with one attached hydrogen (secondary N) is 1. The number of carboxylic acids is 1. The SMILES string of the molecule is COc1cc(OC)cc(-c2nc(S/C(=C\c3cc(Cl)c(OC(C)C)c(OC)c3)C(=O)O)n[nH]2)c1. The first kappa shape index (κ1) is 25.3. The highest BCUT2D eigenvalue weighted by atomic mass is 35.5. The van der Waals surface area contributed by atoms with Gasteiger partial charge in [-0.25, -0.2) is 9.78 Å². The number of carboxylic acid groups (broad SMARTS) is 1. The van der Waals surface area contributed by atoms with Gasteiger partial charge in [0.1, 0.15) is 16.4 Å². The maximum Gasteiger partial charge on any atom is 0.342 e. The molecule has 9 nitrogen and oxygen atoms in total. The second-order valence-corrected chi connectivity index (χ2v) is 8.60. The van der Waals surface area contributed by atoms with Crippen LogP contribution in [0.25, 0.3) is 17.5 Å². The van der Waals surface area contributed by atoms with Crippen LogP contribution < -0.4 is 18.9 Å². The number of aromatic nitrogens is 3. The molecule has 2 N–H and O–H groups in total. The van der Waals surface area contributed by atoms with E-state index in [9.17, 15) is 9.90 Å². The highest BCUT2D eigenvalue weighted by Crippen LogP contribution is 2.38. The van der Waals surface area contributed by atoms with Gasteiger partial charge in [0.25, 0.3) is 0 Å².